The summed E-state index contributed by atoms with van der Waals surface area (Å²) in [5, 5.41) is 4.96. The molecule has 0 spiro atoms. The van der Waals surface area contributed by atoms with Gasteiger partial charge in [0.05, 0.1) is 0 Å². The maximum absolute atomic E-state index is 11.1. The summed E-state index contributed by atoms with van der Waals surface area (Å²) in [4.78, 5) is 11.1. The van der Waals surface area contributed by atoms with Gasteiger partial charge in [0, 0.05) is 17.2 Å². The maximum atomic E-state index is 11.1. The Balaban J connectivity index is 3.27. The first-order chi connectivity index (χ1) is 6.32. The molecular weight excluding hydrogens is 230 g/mol. The normalized spacial score (nSPS) is 12.3. The highest BCUT2D eigenvalue weighted by Gasteiger charge is 2.20. The zero-order valence-corrected chi connectivity index (χ0v) is 9.26. The molecule has 0 bridgehead atoms. The second-order valence-electron chi connectivity index (χ2n) is 3.25. The molecule has 0 aliphatic heterocycles. The molecule has 1 N–H and O–H groups in total. The van der Waals surface area contributed by atoms with Crippen LogP contribution in [0.4, 0.5) is 0 Å². The first-order valence-corrected chi connectivity index (χ1v) is 6.23. The van der Waals surface area contributed by atoms with Crippen molar-refractivity contribution in [2.24, 2.45) is 5.92 Å². The van der Waals surface area contributed by atoms with Crippen LogP contribution in [0.5, 0.6) is 0 Å². The lowest BCUT2D eigenvalue weighted by molar-refractivity contribution is 0.476. The third-order valence-corrected chi connectivity index (χ3v) is 2.65. The van der Waals surface area contributed by atoms with Crippen LogP contribution in [-0.4, -0.2) is 23.2 Å². The van der Waals surface area contributed by atoms with Crippen LogP contribution in [-0.2, 0) is 15.6 Å². The van der Waals surface area contributed by atoms with Crippen molar-refractivity contribution in [3.63, 3.8) is 0 Å². The second kappa shape index (κ2) is 3.74. The van der Waals surface area contributed by atoms with Crippen LogP contribution in [0.2, 0.25) is 0 Å². The fourth-order valence-electron chi connectivity index (χ4n) is 1.02. The molecule has 6 nitrogen and oxygen atoms in total. The molecule has 0 aliphatic carbocycles. The third-order valence-electron chi connectivity index (χ3n) is 1.49. The Morgan fingerprint density at radius 1 is 1.57 bits per heavy atom. The molecule has 1 rings (SSSR count). The molecule has 80 valence electrons. The molecule has 1 aromatic heterocycles. The van der Waals surface area contributed by atoms with Crippen molar-refractivity contribution < 1.29 is 8.42 Å². The van der Waals surface area contributed by atoms with E-state index in [9.17, 15) is 13.2 Å². The van der Waals surface area contributed by atoms with Gasteiger partial charge < -0.3 is 0 Å². The van der Waals surface area contributed by atoms with Gasteiger partial charge in [-0.05, 0) is 5.92 Å². The number of aromatic amines is 1. The van der Waals surface area contributed by atoms with E-state index in [1.807, 2.05) is 18.9 Å². The predicted molar refractivity (Wildman–Crippen MR) is 50.7 cm³/mol. The number of nitrogens with one attached hydrogen (secondary N) is 1. The average Bonchev–Trinajstić information content (AvgIpc) is 2.30. The van der Waals surface area contributed by atoms with Gasteiger partial charge in [0.2, 0.25) is 0 Å². The molecule has 1 heterocycles. The minimum absolute atomic E-state index is 0.127. The van der Waals surface area contributed by atoms with Gasteiger partial charge in [-0.2, -0.15) is 0 Å². The van der Waals surface area contributed by atoms with E-state index < -0.39 is 19.9 Å². The first-order valence-electron chi connectivity index (χ1n) is 3.92. The molecule has 0 aliphatic rings. The summed E-state index contributed by atoms with van der Waals surface area (Å²) in [5.74, 6) is 0.127. The molecule has 0 saturated carbocycles. The van der Waals surface area contributed by atoms with Crippen LogP contribution in [0.3, 0.4) is 0 Å². The van der Waals surface area contributed by atoms with Crippen LogP contribution in [0.1, 0.15) is 13.8 Å². The lowest BCUT2D eigenvalue weighted by atomic mass is 10.2. The van der Waals surface area contributed by atoms with Gasteiger partial charge in [-0.1, -0.05) is 13.8 Å². The number of nitrogens with zero attached hydrogens (tertiary/aromatic N) is 2. The van der Waals surface area contributed by atoms with E-state index in [4.69, 9.17) is 10.7 Å². The van der Waals surface area contributed by atoms with Gasteiger partial charge in [-0.15, -0.1) is 5.10 Å². The Morgan fingerprint density at radius 3 is 2.57 bits per heavy atom. The number of H-pyrrole nitrogens is 1. The standard InChI is InChI=1S/C6H10ClN3O3S/c1-4(2)3-10-5(11)8-9-6(10)14(7,12)13/h4H,3H2,1-2H3,(H,8,11). The molecule has 14 heavy (non-hydrogen) atoms. The van der Waals surface area contributed by atoms with Crippen molar-refractivity contribution in [3.05, 3.63) is 10.5 Å². The number of aromatic nitrogens is 3. The maximum Gasteiger partial charge on any atom is 0.344 e. The van der Waals surface area contributed by atoms with Crippen molar-refractivity contribution in [2.75, 3.05) is 0 Å². The van der Waals surface area contributed by atoms with Crippen molar-refractivity contribution in [1.82, 2.24) is 14.8 Å². The largest absolute Gasteiger partial charge is 0.344 e. The SMILES string of the molecule is CC(C)Cn1c(S(=O)(=O)Cl)n[nH]c1=O. The van der Waals surface area contributed by atoms with Crippen molar-refractivity contribution in [3.8, 4) is 0 Å². The predicted octanol–water partition coefficient (Wildman–Crippen LogP) is 0.155. The molecule has 8 heteroatoms. The van der Waals surface area contributed by atoms with E-state index in [2.05, 4.69) is 5.10 Å². The molecule has 0 saturated heterocycles. The smallest absolute Gasteiger partial charge is 0.265 e. The summed E-state index contributed by atoms with van der Waals surface area (Å²) in [6, 6.07) is 0. The summed E-state index contributed by atoms with van der Waals surface area (Å²) in [5.41, 5.74) is -0.571. The molecule has 0 unspecified atom stereocenters. The number of hydrogen-bond acceptors (Lipinski definition) is 4. The van der Waals surface area contributed by atoms with E-state index >= 15 is 0 Å². The van der Waals surface area contributed by atoms with Gasteiger partial charge in [0.25, 0.3) is 14.2 Å². The highest BCUT2D eigenvalue weighted by molar-refractivity contribution is 8.13. The Morgan fingerprint density at radius 2 is 2.14 bits per heavy atom. The van der Waals surface area contributed by atoms with Crippen LogP contribution in [0.25, 0.3) is 0 Å². The zero-order chi connectivity index (χ0) is 10.9. The minimum Gasteiger partial charge on any atom is -0.265 e. The first kappa shape index (κ1) is 11.3. The summed E-state index contributed by atoms with van der Waals surface area (Å²) < 4.78 is 23.0. The molecule has 1 aromatic rings. The fraction of sp³-hybridized carbons (Fsp3) is 0.667. The van der Waals surface area contributed by atoms with Gasteiger partial charge in [0.1, 0.15) is 0 Å². The lowest BCUT2D eigenvalue weighted by Gasteiger charge is -2.05. The van der Waals surface area contributed by atoms with E-state index in [0.29, 0.717) is 0 Å². The highest BCUT2D eigenvalue weighted by Crippen LogP contribution is 2.10. The van der Waals surface area contributed by atoms with Crippen molar-refractivity contribution in [2.45, 2.75) is 25.5 Å². The molecule has 0 atom stereocenters. The van der Waals surface area contributed by atoms with Crippen LogP contribution < -0.4 is 5.69 Å². The number of rotatable bonds is 3. The Bertz CT molecular complexity index is 473. The molecular formula is C6H10ClN3O3S. The molecule has 0 fully saturated rings. The summed E-state index contributed by atoms with van der Waals surface area (Å²) in [6.07, 6.45) is 0. The van der Waals surface area contributed by atoms with E-state index in [0.717, 1.165) is 4.57 Å². The Hall–Kier alpha value is -0.820. The van der Waals surface area contributed by atoms with Gasteiger partial charge in [0.15, 0.2) is 0 Å². The van der Waals surface area contributed by atoms with Gasteiger partial charge in [-0.25, -0.2) is 18.3 Å². The number of hydrogen-bond donors (Lipinski definition) is 1. The van der Waals surface area contributed by atoms with Gasteiger partial charge in [-0.3, -0.25) is 4.57 Å². The quantitative estimate of drug-likeness (QED) is 0.762. The summed E-state index contributed by atoms with van der Waals surface area (Å²) >= 11 is 0. The molecule has 0 aromatic carbocycles. The van der Waals surface area contributed by atoms with Crippen molar-refractivity contribution in [1.29, 1.82) is 0 Å². The van der Waals surface area contributed by atoms with E-state index in [-0.39, 0.29) is 12.5 Å². The minimum atomic E-state index is -3.97. The topological polar surface area (TPSA) is 84.8 Å². The van der Waals surface area contributed by atoms with Gasteiger partial charge >= 0.3 is 5.69 Å². The van der Waals surface area contributed by atoms with Crippen LogP contribution in [0.15, 0.2) is 9.95 Å². The average molecular weight is 240 g/mol. The monoisotopic (exact) mass is 239 g/mol. The molecule has 0 amide bonds. The van der Waals surface area contributed by atoms with Crippen molar-refractivity contribution >= 4 is 19.7 Å². The van der Waals surface area contributed by atoms with E-state index in [1.165, 1.54) is 0 Å². The van der Waals surface area contributed by atoms with Crippen LogP contribution >= 0.6 is 10.7 Å². The van der Waals surface area contributed by atoms with E-state index in [1.54, 1.807) is 0 Å². The molecule has 0 radical (unpaired) electrons. The second-order valence-corrected chi connectivity index (χ2v) is 5.71. The fourth-order valence-corrected chi connectivity index (χ4v) is 1.94. The zero-order valence-electron chi connectivity index (χ0n) is 7.69. The number of halogens is 1. The Labute approximate surface area is 85.3 Å². The summed E-state index contributed by atoms with van der Waals surface area (Å²) in [6.45, 7) is 3.96. The highest BCUT2D eigenvalue weighted by atomic mass is 35.7. The Kier molecular flexibility index (Phi) is 3.01. The third kappa shape index (κ3) is 2.36. The summed E-state index contributed by atoms with van der Waals surface area (Å²) in [7, 11) is 1.13. The lowest BCUT2D eigenvalue weighted by Crippen LogP contribution is -2.22. The van der Waals surface area contributed by atoms with Crippen LogP contribution in [0, 0.1) is 5.92 Å².